The summed E-state index contributed by atoms with van der Waals surface area (Å²) in [5, 5.41) is 20.3. The number of nitrogens with one attached hydrogen (secondary N) is 2. The third kappa shape index (κ3) is 6.10. The maximum absolute atomic E-state index is 14.6. The molecule has 0 saturated carbocycles. The summed E-state index contributed by atoms with van der Waals surface area (Å²) in [6.45, 7) is 9.01. The molecule has 246 valence electrons. The largest absolute Gasteiger partial charge is 0.492 e. The average molecular weight is 651 g/mol. The number of rotatable bonds is 10. The molecule has 3 aliphatic rings. The summed E-state index contributed by atoms with van der Waals surface area (Å²) in [7, 11) is -4.71. The molecule has 0 aromatic heterocycles. The van der Waals surface area contributed by atoms with Gasteiger partial charge in [0.2, 0.25) is 0 Å². The van der Waals surface area contributed by atoms with E-state index >= 15 is 0 Å². The molecule has 1 fully saturated rings. The summed E-state index contributed by atoms with van der Waals surface area (Å²) in [5.74, 6) is -1.89. The molecule has 1 aliphatic heterocycles. The molecule has 0 radical (unpaired) electrons. The van der Waals surface area contributed by atoms with Crippen LogP contribution in [0.5, 0.6) is 0 Å². The number of aliphatic carboxylic acids is 1. The van der Waals surface area contributed by atoms with E-state index in [0.29, 0.717) is 33.9 Å². The van der Waals surface area contributed by atoms with Gasteiger partial charge in [-0.2, -0.15) is 4.31 Å². The van der Waals surface area contributed by atoms with Crippen LogP contribution in [0.2, 0.25) is 0 Å². The number of amides is 1. The summed E-state index contributed by atoms with van der Waals surface area (Å²) in [6.07, 6.45) is -0.150. The molecule has 5 N–H and O–H groups in total. The van der Waals surface area contributed by atoms with Crippen molar-refractivity contribution in [3.05, 3.63) is 81.0 Å². The Kier molecular flexibility index (Phi) is 8.96. The summed E-state index contributed by atoms with van der Waals surface area (Å²) in [5.41, 5.74) is 10.9. The van der Waals surface area contributed by atoms with Crippen molar-refractivity contribution in [3.8, 4) is 11.1 Å². The molecule has 1 heterocycles. The Balaban J connectivity index is 1.50. The van der Waals surface area contributed by atoms with Gasteiger partial charge in [-0.05, 0) is 92.3 Å². The summed E-state index contributed by atoms with van der Waals surface area (Å²) in [6, 6.07) is 11.9. The number of hydrogen-bond acceptors (Lipinski definition) is 7. The normalized spacial score (nSPS) is 20.3. The highest BCUT2D eigenvalue weighted by Gasteiger charge is 2.51. The molecule has 0 bridgehead atoms. The number of allylic oxidation sites excluding steroid dienone is 4. The topological polar surface area (TPSA) is 172 Å². The highest BCUT2D eigenvalue weighted by atomic mass is 32.2. The van der Waals surface area contributed by atoms with Crippen LogP contribution in [0.15, 0.2) is 64.3 Å². The molecule has 2 aromatic carbocycles. The van der Waals surface area contributed by atoms with Gasteiger partial charge in [0.15, 0.2) is 5.96 Å². The molecule has 11 nitrogen and oxygen atoms in total. The van der Waals surface area contributed by atoms with Crippen LogP contribution in [-0.2, 0) is 37.3 Å². The second kappa shape index (κ2) is 12.5. The van der Waals surface area contributed by atoms with Crippen molar-refractivity contribution in [1.82, 2.24) is 9.62 Å². The molecule has 46 heavy (non-hydrogen) atoms. The number of carboxylic acids is 1. The third-order valence-corrected chi connectivity index (χ3v) is 11.5. The first-order valence-corrected chi connectivity index (χ1v) is 16.9. The SMILES string of the molecule is CC1=C2OC(C)(C)CC2C(C)C(S(=O)(=O)N(C(=O)OCc2cccc3c2Cc2ccccc2-3)C(CCCNC(=N)N)C(=O)O)=C1C. The summed E-state index contributed by atoms with van der Waals surface area (Å²) in [4.78, 5) is 26.7. The molecule has 2 aromatic rings. The van der Waals surface area contributed by atoms with Crippen LogP contribution in [0.4, 0.5) is 4.79 Å². The van der Waals surface area contributed by atoms with Crippen LogP contribution in [-0.4, -0.2) is 54.0 Å². The molecule has 1 saturated heterocycles. The van der Waals surface area contributed by atoms with Gasteiger partial charge in [0.25, 0.3) is 10.0 Å². The fourth-order valence-electron chi connectivity index (χ4n) is 7.04. The van der Waals surface area contributed by atoms with E-state index in [4.69, 9.17) is 20.6 Å². The van der Waals surface area contributed by atoms with Gasteiger partial charge in [0.05, 0.1) is 4.91 Å². The van der Waals surface area contributed by atoms with Crippen molar-refractivity contribution in [2.24, 2.45) is 17.6 Å². The van der Waals surface area contributed by atoms with E-state index in [9.17, 15) is 23.1 Å². The van der Waals surface area contributed by atoms with E-state index in [-0.39, 0.29) is 42.8 Å². The van der Waals surface area contributed by atoms with Gasteiger partial charge < -0.3 is 25.6 Å². The number of fused-ring (bicyclic) bond motifs is 4. The Hall–Kier alpha value is -4.32. The van der Waals surface area contributed by atoms with Crippen molar-refractivity contribution < 1.29 is 32.6 Å². The molecule has 2 aliphatic carbocycles. The first-order chi connectivity index (χ1) is 21.6. The first kappa shape index (κ1) is 33.1. The molecule has 5 rings (SSSR count). The highest BCUT2D eigenvalue weighted by molar-refractivity contribution is 7.93. The van der Waals surface area contributed by atoms with Crippen molar-refractivity contribution in [3.63, 3.8) is 0 Å². The number of sulfonamides is 1. The van der Waals surface area contributed by atoms with Crippen LogP contribution < -0.4 is 11.1 Å². The summed E-state index contributed by atoms with van der Waals surface area (Å²) >= 11 is 0. The van der Waals surface area contributed by atoms with Crippen LogP contribution in [0.25, 0.3) is 11.1 Å². The van der Waals surface area contributed by atoms with Gasteiger partial charge in [-0.15, -0.1) is 0 Å². The average Bonchev–Trinajstić information content (AvgIpc) is 3.53. The minimum Gasteiger partial charge on any atom is -0.492 e. The standard InChI is InChI=1S/C34H42N4O7S/c1-19-20(2)30(21(3)27-17-34(4,5)45-29(19)27)46(42,43)38(28(31(39)40)14-9-15-37-32(35)36)33(41)44-18-23-11-8-13-25-24-12-7-6-10-22(24)16-26(23)25/h6-8,10-13,21,27-28H,9,14-18H2,1-5H3,(H,39,40)(H4,35,36,37). The number of nitrogens with zero attached hydrogens (tertiary/aromatic N) is 1. The number of carbonyl (C=O) groups excluding carboxylic acids is 1. The predicted molar refractivity (Wildman–Crippen MR) is 174 cm³/mol. The molecular formula is C34H42N4O7S. The second-order valence-corrected chi connectivity index (χ2v) is 14.7. The molecule has 0 spiro atoms. The zero-order chi connectivity index (χ0) is 33.6. The second-order valence-electron chi connectivity index (χ2n) is 12.9. The van der Waals surface area contributed by atoms with Gasteiger partial charge in [-0.3, -0.25) is 5.41 Å². The van der Waals surface area contributed by atoms with Gasteiger partial charge in [-0.25, -0.2) is 18.0 Å². The van der Waals surface area contributed by atoms with Gasteiger partial charge in [-0.1, -0.05) is 49.4 Å². The lowest BCUT2D eigenvalue weighted by Gasteiger charge is -2.35. The van der Waals surface area contributed by atoms with Crippen LogP contribution in [0.1, 0.15) is 70.6 Å². The minimum atomic E-state index is -4.71. The van der Waals surface area contributed by atoms with Gasteiger partial charge >= 0.3 is 12.1 Å². The van der Waals surface area contributed by atoms with Crippen molar-refractivity contribution in [2.45, 2.75) is 78.6 Å². The molecule has 1 amide bonds. The number of guanidine groups is 1. The van der Waals surface area contributed by atoms with Crippen molar-refractivity contribution in [2.75, 3.05) is 6.54 Å². The Bertz CT molecular complexity index is 1760. The number of hydrogen-bond donors (Lipinski definition) is 4. The summed E-state index contributed by atoms with van der Waals surface area (Å²) < 4.78 is 41.6. The molecule has 3 unspecified atom stereocenters. The zero-order valence-corrected chi connectivity index (χ0v) is 27.7. The van der Waals surface area contributed by atoms with E-state index in [1.165, 1.54) is 0 Å². The lowest BCUT2D eigenvalue weighted by atomic mass is 9.79. The van der Waals surface area contributed by atoms with E-state index in [1.807, 2.05) is 56.3 Å². The number of carbonyl (C=O) groups is 2. The maximum atomic E-state index is 14.6. The Morgan fingerprint density at radius 1 is 1.15 bits per heavy atom. The van der Waals surface area contributed by atoms with Gasteiger partial charge in [0, 0.05) is 18.4 Å². The van der Waals surface area contributed by atoms with Crippen LogP contribution in [0, 0.1) is 17.2 Å². The van der Waals surface area contributed by atoms with E-state index in [0.717, 1.165) is 28.0 Å². The van der Waals surface area contributed by atoms with E-state index < -0.39 is 39.6 Å². The fourth-order valence-corrected chi connectivity index (χ4v) is 9.20. The Morgan fingerprint density at radius 3 is 2.54 bits per heavy atom. The van der Waals surface area contributed by atoms with Crippen molar-refractivity contribution >= 4 is 28.0 Å². The lowest BCUT2D eigenvalue weighted by molar-refractivity contribution is -0.141. The lowest BCUT2D eigenvalue weighted by Crippen LogP contribution is -2.50. The number of ether oxygens (including phenoxy) is 2. The maximum Gasteiger partial charge on any atom is 0.424 e. The van der Waals surface area contributed by atoms with E-state index in [1.54, 1.807) is 20.8 Å². The Morgan fingerprint density at radius 2 is 1.85 bits per heavy atom. The van der Waals surface area contributed by atoms with E-state index in [2.05, 4.69) is 5.32 Å². The number of benzene rings is 2. The predicted octanol–water partition coefficient (Wildman–Crippen LogP) is 5.26. The molecule has 3 atom stereocenters. The third-order valence-electron chi connectivity index (χ3n) is 9.31. The van der Waals surface area contributed by atoms with Gasteiger partial charge in [0.1, 0.15) is 24.0 Å². The van der Waals surface area contributed by atoms with Crippen LogP contribution >= 0.6 is 0 Å². The number of nitrogens with two attached hydrogens (primary N) is 1. The monoisotopic (exact) mass is 650 g/mol. The quantitative estimate of drug-likeness (QED) is 0.130. The molecular weight excluding hydrogens is 608 g/mol. The van der Waals surface area contributed by atoms with Crippen LogP contribution in [0.3, 0.4) is 0 Å². The molecule has 12 heteroatoms. The Labute approximate surface area is 270 Å². The zero-order valence-electron chi connectivity index (χ0n) is 26.8. The number of carboxylic acid groups (broad SMARTS) is 1. The minimum absolute atomic E-state index is 0.0128. The van der Waals surface area contributed by atoms with Crippen molar-refractivity contribution in [1.29, 1.82) is 5.41 Å². The highest BCUT2D eigenvalue weighted by Crippen LogP contribution is 2.51. The fraction of sp³-hybridized carbons (Fsp3) is 0.441. The smallest absolute Gasteiger partial charge is 0.424 e. The first-order valence-electron chi connectivity index (χ1n) is 15.5.